The fourth-order valence-electron chi connectivity index (χ4n) is 2.27. The Morgan fingerprint density at radius 1 is 1.19 bits per heavy atom. The molecule has 3 aromatic rings. The van der Waals surface area contributed by atoms with Gasteiger partial charge in [0.25, 0.3) is 5.89 Å². The molecule has 0 radical (unpaired) electrons. The van der Waals surface area contributed by atoms with Gasteiger partial charge in [-0.1, -0.05) is 45.4 Å². The molecule has 0 aliphatic rings. The van der Waals surface area contributed by atoms with E-state index in [-0.39, 0.29) is 12.5 Å². The van der Waals surface area contributed by atoms with E-state index in [1.165, 1.54) is 6.08 Å². The molecule has 138 valence electrons. The smallest absolute Gasteiger partial charge is 0.331 e. The Balaban J connectivity index is 1.59. The zero-order valence-corrected chi connectivity index (χ0v) is 16.2. The van der Waals surface area contributed by atoms with Gasteiger partial charge in [0.1, 0.15) is 5.75 Å². The Kier molecular flexibility index (Phi) is 6.38. The van der Waals surface area contributed by atoms with E-state index >= 15 is 0 Å². The quantitative estimate of drug-likeness (QED) is 0.402. The number of carbonyl (C=O) groups excluding carboxylic acids is 1. The number of aromatic nitrogens is 2. The summed E-state index contributed by atoms with van der Waals surface area (Å²) in [7, 11) is 0. The molecule has 0 aliphatic carbocycles. The van der Waals surface area contributed by atoms with Crippen molar-refractivity contribution in [2.45, 2.75) is 13.5 Å². The molecule has 0 amide bonds. The number of benzene rings is 2. The second-order valence-electron chi connectivity index (χ2n) is 5.43. The SMILES string of the molecule is CCOc1ccccc1-c1noc(COC(=O)/C=C/c2ccc(Br)cc2)n1. The maximum absolute atomic E-state index is 11.8. The van der Waals surface area contributed by atoms with Crippen LogP contribution in [0.2, 0.25) is 0 Å². The molecule has 1 heterocycles. The van der Waals surface area contributed by atoms with Gasteiger partial charge in [0, 0.05) is 10.5 Å². The first kappa shape index (κ1) is 18.8. The third kappa shape index (κ3) is 5.27. The van der Waals surface area contributed by atoms with E-state index in [0.29, 0.717) is 18.2 Å². The number of hydrogen-bond acceptors (Lipinski definition) is 6. The van der Waals surface area contributed by atoms with Gasteiger partial charge >= 0.3 is 5.97 Å². The fourth-order valence-corrected chi connectivity index (χ4v) is 2.54. The molecule has 0 spiro atoms. The zero-order chi connectivity index (χ0) is 19.1. The summed E-state index contributed by atoms with van der Waals surface area (Å²) in [6.07, 6.45) is 3.03. The van der Waals surface area contributed by atoms with Crippen LogP contribution in [-0.2, 0) is 16.1 Å². The highest BCUT2D eigenvalue weighted by Gasteiger charge is 2.14. The number of halogens is 1. The third-order valence-corrected chi connectivity index (χ3v) is 4.04. The maximum Gasteiger partial charge on any atom is 0.331 e. The molecule has 27 heavy (non-hydrogen) atoms. The van der Waals surface area contributed by atoms with Crippen molar-refractivity contribution >= 4 is 28.0 Å². The van der Waals surface area contributed by atoms with Crippen LogP contribution < -0.4 is 4.74 Å². The summed E-state index contributed by atoms with van der Waals surface area (Å²) in [5.41, 5.74) is 1.61. The summed E-state index contributed by atoms with van der Waals surface area (Å²) in [6, 6.07) is 15.0. The second-order valence-corrected chi connectivity index (χ2v) is 6.35. The Bertz CT molecular complexity index is 935. The molecule has 0 saturated carbocycles. The molecular weight excluding hydrogens is 412 g/mol. The van der Waals surface area contributed by atoms with Gasteiger partial charge in [0.15, 0.2) is 6.61 Å². The minimum atomic E-state index is -0.493. The molecule has 0 saturated heterocycles. The van der Waals surface area contributed by atoms with Gasteiger partial charge in [0.05, 0.1) is 12.2 Å². The van der Waals surface area contributed by atoms with Crippen molar-refractivity contribution in [3.8, 4) is 17.1 Å². The molecule has 0 unspecified atom stereocenters. The number of carbonyl (C=O) groups is 1. The predicted octanol–water partition coefficient (Wildman–Crippen LogP) is 4.65. The standard InChI is InChI=1S/C20H17BrN2O4/c1-2-25-17-6-4-3-5-16(17)20-22-18(27-23-20)13-26-19(24)12-9-14-7-10-15(21)11-8-14/h3-12H,2,13H2,1H3/b12-9+. The van der Waals surface area contributed by atoms with Gasteiger partial charge in [-0.3, -0.25) is 0 Å². The summed E-state index contributed by atoms with van der Waals surface area (Å²) in [5, 5.41) is 3.93. The molecule has 6 nitrogen and oxygen atoms in total. The van der Waals surface area contributed by atoms with Crippen LogP contribution in [-0.4, -0.2) is 22.7 Å². The van der Waals surface area contributed by atoms with Gasteiger partial charge in [-0.2, -0.15) is 4.98 Å². The number of rotatable bonds is 7. The van der Waals surface area contributed by atoms with Crippen LogP contribution >= 0.6 is 15.9 Å². The van der Waals surface area contributed by atoms with E-state index in [0.717, 1.165) is 15.6 Å². The van der Waals surface area contributed by atoms with Gasteiger partial charge in [-0.05, 0) is 42.8 Å². The zero-order valence-electron chi connectivity index (χ0n) is 14.6. The molecule has 0 N–H and O–H groups in total. The lowest BCUT2D eigenvalue weighted by Gasteiger charge is -2.05. The average molecular weight is 429 g/mol. The molecule has 0 atom stereocenters. The van der Waals surface area contributed by atoms with Crippen LogP contribution in [0, 0.1) is 0 Å². The van der Waals surface area contributed by atoms with Crippen molar-refractivity contribution < 1.29 is 18.8 Å². The highest BCUT2D eigenvalue weighted by molar-refractivity contribution is 9.10. The van der Waals surface area contributed by atoms with Crippen molar-refractivity contribution in [2.75, 3.05) is 6.61 Å². The topological polar surface area (TPSA) is 74.5 Å². The van der Waals surface area contributed by atoms with Gasteiger partial charge in [0.2, 0.25) is 5.82 Å². The second kappa shape index (κ2) is 9.14. The number of ether oxygens (including phenoxy) is 2. The number of nitrogens with zero attached hydrogens (tertiary/aromatic N) is 2. The lowest BCUT2D eigenvalue weighted by Crippen LogP contribution is -2.01. The Labute approximate surface area is 164 Å². The van der Waals surface area contributed by atoms with Crippen molar-refractivity contribution in [3.05, 3.63) is 70.5 Å². The van der Waals surface area contributed by atoms with Crippen molar-refractivity contribution in [2.24, 2.45) is 0 Å². The average Bonchev–Trinajstić information content (AvgIpc) is 3.15. The van der Waals surface area contributed by atoms with Crippen LogP contribution in [0.1, 0.15) is 18.4 Å². The van der Waals surface area contributed by atoms with Crippen molar-refractivity contribution in [3.63, 3.8) is 0 Å². The molecule has 0 bridgehead atoms. The number of para-hydroxylation sites is 1. The van der Waals surface area contributed by atoms with Gasteiger partial charge in [-0.15, -0.1) is 0 Å². The number of hydrogen-bond donors (Lipinski definition) is 0. The Morgan fingerprint density at radius 3 is 2.74 bits per heavy atom. The Morgan fingerprint density at radius 2 is 1.96 bits per heavy atom. The van der Waals surface area contributed by atoms with Crippen LogP contribution in [0.3, 0.4) is 0 Å². The summed E-state index contributed by atoms with van der Waals surface area (Å²) in [6.45, 7) is 2.33. The molecular formula is C20H17BrN2O4. The summed E-state index contributed by atoms with van der Waals surface area (Å²) >= 11 is 3.36. The van der Waals surface area contributed by atoms with E-state index in [1.807, 2.05) is 55.5 Å². The maximum atomic E-state index is 11.8. The first-order valence-corrected chi connectivity index (χ1v) is 9.10. The number of esters is 1. The molecule has 2 aromatic carbocycles. The minimum Gasteiger partial charge on any atom is -0.493 e. The molecule has 0 aliphatic heterocycles. The van der Waals surface area contributed by atoms with Crippen LogP contribution in [0.4, 0.5) is 0 Å². The highest BCUT2D eigenvalue weighted by atomic mass is 79.9. The van der Waals surface area contributed by atoms with E-state index < -0.39 is 5.97 Å². The van der Waals surface area contributed by atoms with Crippen LogP contribution in [0.5, 0.6) is 5.75 Å². The van der Waals surface area contributed by atoms with Crippen molar-refractivity contribution in [1.29, 1.82) is 0 Å². The Hall–Kier alpha value is -2.93. The van der Waals surface area contributed by atoms with E-state index in [1.54, 1.807) is 6.08 Å². The van der Waals surface area contributed by atoms with Crippen molar-refractivity contribution in [1.82, 2.24) is 10.1 Å². The minimum absolute atomic E-state index is 0.104. The van der Waals surface area contributed by atoms with Gasteiger partial charge < -0.3 is 14.0 Å². The van der Waals surface area contributed by atoms with E-state index in [4.69, 9.17) is 14.0 Å². The molecule has 7 heteroatoms. The monoisotopic (exact) mass is 428 g/mol. The first-order valence-electron chi connectivity index (χ1n) is 8.31. The predicted molar refractivity (Wildman–Crippen MR) is 104 cm³/mol. The third-order valence-electron chi connectivity index (χ3n) is 3.52. The van der Waals surface area contributed by atoms with Crippen LogP contribution in [0.15, 0.2) is 63.6 Å². The van der Waals surface area contributed by atoms with E-state index in [9.17, 15) is 4.79 Å². The molecule has 1 aromatic heterocycles. The lowest BCUT2D eigenvalue weighted by atomic mass is 10.2. The summed E-state index contributed by atoms with van der Waals surface area (Å²) < 4.78 is 16.8. The lowest BCUT2D eigenvalue weighted by molar-refractivity contribution is -0.139. The van der Waals surface area contributed by atoms with E-state index in [2.05, 4.69) is 26.1 Å². The fraction of sp³-hybridized carbons (Fsp3) is 0.150. The normalized spacial score (nSPS) is 10.9. The first-order chi connectivity index (χ1) is 13.2. The summed E-state index contributed by atoms with van der Waals surface area (Å²) in [5.74, 6) is 0.770. The highest BCUT2D eigenvalue weighted by Crippen LogP contribution is 2.27. The van der Waals surface area contributed by atoms with Crippen LogP contribution in [0.25, 0.3) is 17.5 Å². The van der Waals surface area contributed by atoms with Gasteiger partial charge in [-0.25, -0.2) is 4.79 Å². The largest absolute Gasteiger partial charge is 0.493 e. The molecule has 0 fully saturated rings. The molecule has 3 rings (SSSR count). The summed E-state index contributed by atoms with van der Waals surface area (Å²) in [4.78, 5) is 16.1.